The first-order valence-electron chi connectivity index (χ1n) is 12.6. The topological polar surface area (TPSA) is 36.9 Å². The largest absolute Gasteiger partial charge is 0.380 e. The summed E-state index contributed by atoms with van der Waals surface area (Å²) < 4.78 is 23.4. The smallest absolute Gasteiger partial charge is 0.0720 e. The van der Waals surface area contributed by atoms with Crippen LogP contribution in [-0.2, 0) is 32.2 Å². The van der Waals surface area contributed by atoms with Crippen molar-refractivity contribution < 1.29 is 18.9 Å². The van der Waals surface area contributed by atoms with Crippen molar-refractivity contribution in [3.05, 3.63) is 70.8 Å². The monoisotopic (exact) mass is 452 g/mol. The van der Waals surface area contributed by atoms with E-state index in [1.54, 1.807) is 0 Å². The molecular weight excluding hydrogens is 412 g/mol. The van der Waals surface area contributed by atoms with Gasteiger partial charge >= 0.3 is 0 Å². The summed E-state index contributed by atoms with van der Waals surface area (Å²) in [6.07, 6.45) is 3.24. The lowest BCUT2D eigenvalue weighted by molar-refractivity contribution is -0.152. The van der Waals surface area contributed by atoms with Crippen LogP contribution >= 0.6 is 0 Å². The Morgan fingerprint density at radius 2 is 1.12 bits per heavy atom. The van der Waals surface area contributed by atoms with Gasteiger partial charge in [0.2, 0.25) is 0 Å². The van der Waals surface area contributed by atoms with Crippen molar-refractivity contribution in [1.82, 2.24) is 0 Å². The Labute approximate surface area is 199 Å². The van der Waals surface area contributed by atoms with E-state index < -0.39 is 0 Å². The van der Waals surface area contributed by atoms with E-state index in [2.05, 4.69) is 69.3 Å². The quantitative estimate of drug-likeness (QED) is 0.367. The predicted molar refractivity (Wildman–Crippen MR) is 131 cm³/mol. The molecule has 0 N–H and O–H groups in total. The van der Waals surface area contributed by atoms with E-state index in [1.165, 1.54) is 22.3 Å². The molecule has 4 rings (SSSR count). The van der Waals surface area contributed by atoms with Gasteiger partial charge < -0.3 is 18.9 Å². The highest BCUT2D eigenvalue weighted by atomic mass is 16.5. The van der Waals surface area contributed by atoms with Crippen LogP contribution in [0.3, 0.4) is 0 Å². The normalized spacial score (nSPS) is 18.7. The van der Waals surface area contributed by atoms with E-state index in [4.69, 9.17) is 18.9 Å². The molecule has 2 fully saturated rings. The molecule has 0 radical (unpaired) electrons. The predicted octanol–water partition coefficient (Wildman–Crippen LogP) is 6.11. The molecule has 0 bridgehead atoms. The second kappa shape index (κ2) is 11.1. The summed E-state index contributed by atoms with van der Waals surface area (Å²) in [6, 6.07) is 17.5. The van der Waals surface area contributed by atoms with E-state index in [9.17, 15) is 0 Å². The fourth-order valence-electron chi connectivity index (χ4n) is 4.93. The van der Waals surface area contributed by atoms with Crippen molar-refractivity contribution in [3.8, 4) is 0 Å². The molecule has 180 valence electrons. The van der Waals surface area contributed by atoms with E-state index >= 15 is 0 Å². The molecule has 33 heavy (non-hydrogen) atoms. The van der Waals surface area contributed by atoms with Gasteiger partial charge in [0.05, 0.1) is 52.9 Å². The van der Waals surface area contributed by atoms with Crippen molar-refractivity contribution in [2.45, 2.75) is 59.2 Å². The summed E-state index contributed by atoms with van der Waals surface area (Å²) in [5.74, 6) is 0.323. The Kier molecular flexibility index (Phi) is 8.24. The standard InChI is InChI=1S/C29H40O4/c1-4-25(26-13-9-7-11-23(26)15-30-17-28(5-2)19-32-20-28)27-14-10-8-12-24(27)16-31-18-29(6-3)21-33-22-29/h7-14,25H,4-6,15-22H2,1-3H3. The SMILES string of the molecule is CCC(c1ccccc1COCC1(CC)COC1)c1ccccc1COCC1(CC)COC1. The van der Waals surface area contributed by atoms with Gasteiger partial charge in [0.25, 0.3) is 0 Å². The molecule has 2 saturated heterocycles. The van der Waals surface area contributed by atoms with Crippen LogP contribution in [0.1, 0.15) is 68.2 Å². The van der Waals surface area contributed by atoms with Gasteiger partial charge in [-0.2, -0.15) is 0 Å². The van der Waals surface area contributed by atoms with Crippen molar-refractivity contribution in [2.24, 2.45) is 10.8 Å². The fourth-order valence-corrected chi connectivity index (χ4v) is 4.93. The Balaban J connectivity index is 1.46. The summed E-state index contributed by atoms with van der Waals surface area (Å²) >= 11 is 0. The van der Waals surface area contributed by atoms with Gasteiger partial charge in [-0.3, -0.25) is 0 Å². The molecule has 0 amide bonds. The third kappa shape index (κ3) is 5.51. The summed E-state index contributed by atoms with van der Waals surface area (Å²) in [5, 5.41) is 0. The van der Waals surface area contributed by atoms with Gasteiger partial charge in [0, 0.05) is 16.7 Å². The number of hydrogen-bond acceptors (Lipinski definition) is 4. The second-order valence-corrected chi connectivity index (χ2v) is 10.0. The summed E-state index contributed by atoms with van der Waals surface area (Å²) in [6.45, 7) is 12.8. The zero-order valence-electron chi connectivity index (χ0n) is 20.6. The number of benzene rings is 2. The average Bonchev–Trinajstić information content (AvgIpc) is 2.80. The molecule has 2 aliphatic rings. The first-order valence-corrected chi connectivity index (χ1v) is 12.6. The third-order valence-electron chi connectivity index (χ3n) is 7.73. The molecule has 0 aromatic heterocycles. The Bertz CT molecular complexity index is 802. The zero-order chi connectivity index (χ0) is 23.2. The van der Waals surface area contributed by atoms with Gasteiger partial charge in [-0.15, -0.1) is 0 Å². The highest BCUT2D eigenvalue weighted by Crippen LogP contribution is 2.36. The maximum absolute atomic E-state index is 6.24. The lowest BCUT2D eigenvalue weighted by atomic mass is 9.83. The molecule has 0 aliphatic carbocycles. The molecule has 0 saturated carbocycles. The lowest BCUT2D eigenvalue weighted by Gasteiger charge is -2.40. The molecule has 4 heteroatoms. The molecule has 2 aromatic carbocycles. The maximum atomic E-state index is 6.24. The molecule has 2 aliphatic heterocycles. The van der Waals surface area contributed by atoms with Crippen LogP contribution in [0, 0.1) is 10.8 Å². The molecule has 2 heterocycles. The van der Waals surface area contributed by atoms with Crippen LogP contribution in [0.4, 0.5) is 0 Å². The minimum absolute atomic E-state index is 0.213. The average molecular weight is 453 g/mol. The molecule has 4 nitrogen and oxygen atoms in total. The Hall–Kier alpha value is -1.72. The molecule has 0 atom stereocenters. The van der Waals surface area contributed by atoms with Gasteiger partial charge in [-0.1, -0.05) is 69.3 Å². The highest BCUT2D eigenvalue weighted by Gasteiger charge is 2.38. The zero-order valence-corrected chi connectivity index (χ0v) is 20.6. The van der Waals surface area contributed by atoms with E-state index in [0.29, 0.717) is 19.1 Å². The van der Waals surface area contributed by atoms with Crippen molar-refractivity contribution in [3.63, 3.8) is 0 Å². The summed E-state index contributed by atoms with van der Waals surface area (Å²) in [4.78, 5) is 0. The summed E-state index contributed by atoms with van der Waals surface area (Å²) in [7, 11) is 0. The first kappa shape index (κ1) is 24.4. The number of ether oxygens (including phenoxy) is 4. The Morgan fingerprint density at radius 1 is 0.697 bits per heavy atom. The summed E-state index contributed by atoms with van der Waals surface area (Å²) in [5.41, 5.74) is 5.71. The van der Waals surface area contributed by atoms with Crippen molar-refractivity contribution in [1.29, 1.82) is 0 Å². The van der Waals surface area contributed by atoms with Crippen LogP contribution in [0.5, 0.6) is 0 Å². The highest BCUT2D eigenvalue weighted by molar-refractivity contribution is 5.41. The minimum Gasteiger partial charge on any atom is -0.380 e. The van der Waals surface area contributed by atoms with Crippen molar-refractivity contribution in [2.75, 3.05) is 39.6 Å². The Morgan fingerprint density at radius 3 is 1.45 bits per heavy atom. The van der Waals surface area contributed by atoms with Crippen LogP contribution in [0.25, 0.3) is 0 Å². The second-order valence-electron chi connectivity index (χ2n) is 10.0. The lowest BCUT2D eigenvalue weighted by Crippen LogP contribution is -2.45. The fraction of sp³-hybridized carbons (Fsp3) is 0.586. The first-order chi connectivity index (χ1) is 16.1. The van der Waals surface area contributed by atoms with Gasteiger partial charge in [-0.25, -0.2) is 0 Å². The number of rotatable bonds is 13. The third-order valence-corrected chi connectivity index (χ3v) is 7.73. The van der Waals surface area contributed by atoms with E-state index in [-0.39, 0.29) is 10.8 Å². The van der Waals surface area contributed by atoms with E-state index in [0.717, 1.165) is 58.9 Å². The van der Waals surface area contributed by atoms with Crippen LogP contribution < -0.4 is 0 Å². The van der Waals surface area contributed by atoms with Crippen LogP contribution in [0.15, 0.2) is 48.5 Å². The van der Waals surface area contributed by atoms with Gasteiger partial charge in [-0.05, 0) is 41.5 Å². The van der Waals surface area contributed by atoms with Gasteiger partial charge in [0.1, 0.15) is 0 Å². The van der Waals surface area contributed by atoms with Gasteiger partial charge in [0.15, 0.2) is 0 Å². The van der Waals surface area contributed by atoms with E-state index in [1.807, 2.05) is 0 Å². The van der Waals surface area contributed by atoms with Crippen molar-refractivity contribution >= 4 is 0 Å². The molecule has 2 aromatic rings. The molecular formula is C29H40O4. The minimum atomic E-state index is 0.213. The molecule has 0 spiro atoms. The van der Waals surface area contributed by atoms with Crippen LogP contribution in [0.2, 0.25) is 0 Å². The molecule has 0 unspecified atom stereocenters. The van der Waals surface area contributed by atoms with Crippen LogP contribution in [-0.4, -0.2) is 39.6 Å². The number of hydrogen-bond donors (Lipinski definition) is 0. The maximum Gasteiger partial charge on any atom is 0.0720 e.